The van der Waals surface area contributed by atoms with Crippen molar-refractivity contribution >= 4 is 11.3 Å². The lowest BCUT2D eigenvalue weighted by Gasteiger charge is -2.31. The van der Waals surface area contributed by atoms with Crippen molar-refractivity contribution in [1.29, 1.82) is 0 Å². The van der Waals surface area contributed by atoms with E-state index in [2.05, 4.69) is 22.6 Å². The van der Waals surface area contributed by atoms with Gasteiger partial charge in [-0.05, 0) is 38.1 Å². The zero-order chi connectivity index (χ0) is 12.1. The molecule has 1 aromatic heterocycles. The minimum Gasteiger partial charge on any atom is -0.396 e. The molecule has 2 rings (SSSR count). The van der Waals surface area contributed by atoms with Crippen LogP contribution in [-0.4, -0.2) is 23.2 Å². The molecular formula is C13H22N2OS. The summed E-state index contributed by atoms with van der Waals surface area (Å²) in [7, 11) is 0. The zero-order valence-corrected chi connectivity index (χ0v) is 11.2. The van der Waals surface area contributed by atoms with Crippen molar-refractivity contribution in [3.8, 4) is 0 Å². The van der Waals surface area contributed by atoms with Gasteiger partial charge < -0.3 is 10.4 Å². The number of hydrogen-bond donors (Lipinski definition) is 2. The quantitative estimate of drug-likeness (QED) is 0.849. The minimum atomic E-state index is 0.322. The molecule has 0 saturated heterocycles. The Morgan fingerprint density at radius 3 is 2.88 bits per heavy atom. The van der Waals surface area contributed by atoms with Gasteiger partial charge in [0.15, 0.2) is 0 Å². The first-order chi connectivity index (χ1) is 8.31. The maximum Gasteiger partial charge on any atom is 0.0795 e. The molecule has 1 saturated carbocycles. The highest BCUT2D eigenvalue weighted by Crippen LogP contribution is 2.29. The summed E-state index contributed by atoms with van der Waals surface area (Å²) in [5.41, 5.74) is 3.01. The molecule has 0 spiro atoms. The summed E-state index contributed by atoms with van der Waals surface area (Å²) < 4.78 is 0. The number of nitrogens with one attached hydrogen (secondary N) is 1. The van der Waals surface area contributed by atoms with Gasteiger partial charge in [-0.3, -0.25) is 0 Å². The lowest BCUT2D eigenvalue weighted by Crippen LogP contribution is -2.33. The van der Waals surface area contributed by atoms with E-state index in [-0.39, 0.29) is 0 Å². The van der Waals surface area contributed by atoms with Crippen LogP contribution < -0.4 is 5.32 Å². The summed E-state index contributed by atoms with van der Waals surface area (Å²) >= 11 is 1.64. The van der Waals surface area contributed by atoms with Gasteiger partial charge in [0, 0.05) is 18.0 Å². The van der Waals surface area contributed by atoms with Crippen molar-refractivity contribution in [3.05, 3.63) is 16.6 Å². The van der Waals surface area contributed by atoms with Crippen LogP contribution in [0, 0.1) is 11.8 Å². The topological polar surface area (TPSA) is 45.1 Å². The number of aliphatic hydroxyl groups is 1. The van der Waals surface area contributed by atoms with Crippen LogP contribution in [0.2, 0.25) is 0 Å². The third-order valence-electron chi connectivity index (χ3n) is 3.88. The van der Waals surface area contributed by atoms with Gasteiger partial charge in [-0.2, -0.15) is 0 Å². The fourth-order valence-corrected chi connectivity index (χ4v) is 3.31. The van der Waals surface area contributed by atoms with E-state index in [0.717, 1.165) is 12.2 Å². The highest BCUT2D eigenvalue weighted by atomic mass is 32.1. The van der Waals surface area contributed by atoms with E-state index in [4.69, 9.17) is 0 Å². The molecule has 3 atom stereocenters. The van der Waals surface area contributed by atoms with Crippen molar-refractivity contribution in [3.63, 3.8) is 0 Å². The molecule has 0 aromatic carbocycles. The molecule has 96 valence electrons. The van der Waals surface area contributed by atoms with E-state index >= 15 is 0 Å². The van der Waals surface area contributed by atoms with Crippen molar-refractivity contribution in [2.45, 2.75) is 38.6 Å². The first-order valence-corrected chi connectivity index (χ1v) is 7.48. The Hall–Kier alpha value is -0.450. The van der Waals surface area contributed by atoms with Crippen molar-refractivity contribution < 1.29 is 5.11 Å². The summed E-state index contributed by atoms with van der Waals surface area (Å²) in [6.07, 6.45) is 5.03. The van der Waals surface area contributed by atoms with E-state index < -0.39 is 0 Å². The summed E-state index contributed by atoms with van der Waals surface area (Å²) in [5.74, 6) is 1.13. The van der Waals surface area contributed by atoms with Crippen molar-refractivity contribution in [2.75, 3.05) is 13.2 Å². The van der Waals surface area contributed by atoms with E-state index in [1.54, 1.807) is 11.3 Å². The highest BCUT2D eigenvalue weighted by Gasteiger charge is 2.24. The number of rotatable bonds is 5. The maximum atomic E-state index is 9.37. The van der Waals surface area contributed by atoms with E-state index in [0.29, 0.717) is 24.5 Å². The Morgan fingerprint density at radius 1 is 1.47 bits per heavy atom. The summed E-state index contributed by atoms with van der Waals surface area (Å²) in [6, 6.07) is 0.322. The molecule has 1 aliphatic carbocycles. The smallest absolute Gasteiger partial charge is 0.0795 e. The molecule has 3 unspecified atom stereocenters. The first-order valence-electron chi connectivity index (χ1n) is 6.53. The fraction of sp³-hybridized carbons (Fsp3) is 0.769. The lowest BCUT2D eigenvalue weighted by atomic mass is 9.79. The normalized spacial score (nSPS) is 26.9. The van der Waals surface area contributed by atoms with Gasteiger partial charge in [0.25, 0.3) is 0 Å². The van der Waals surface area contributed by atoms with Gasteiger partial charge >= 0.3 is 0 Å². The minimum absolute atomic E-state index is 0.322. The Labute approximate surface area is 107 Å². The van der Waals surface area contributed by atoms with Crippen molar-refractivity contribution in [1.82, 2.24) is 10.3 Å². The Kier molecular flexibility index (Phi) is 4.95. The largest absolute Gasteiger partial charge is 0.396 e. The Bertz CT molecular complexity index is 315. The molecule has 0 radical (unpaired) electrons. The molecule has 4 heteroatoms. The van der Waals surface area contributed by atoms with Gasteiger partial charge in [-0.1, -0.05) is 12.8 Å². The second-order valence-corrected chi connectivity index (χ2v) is 5.75. The van der Waals surface area contributed by atoms with Crippen LogP contribution in [0.3, 0.4) is 0 Å². The average Bonchev–Trinajstić information content (AvgIpc) is 2.90. The van der Waals surface area contributed by atoms with Gasteiger partial charge in [0.05, 0.1) is 11.2 Å². The molecule has 1 fully saturated rings. The summed E-state index contributed by atoms with van der Waals surface area (Å²) in [5, 5.41) is 15.0. The van der Waals surface area contributed by atoms with Crippen LogP contribution in [0.15, 0.2) is 10.9 Å². The SMILES string of the molecule is CC(NCC1CCCCC1CO)c1cscn1. The number of thiazole rings is 1. The van der Waals surface area contributed by atoms with Crippen molar-refractivity contribution in [2.24, 2.45) is 11.8 Å². The average molecular weight is 254 g/mol. The molecule has 1 heterocycles. The molecule has 0 amide bonds. The lowest BCUT2D eigenvalue weighted by molar-refractivity contribution is 0.131. The second-order valence-electron chi connectivity index (χ2n) is 5.03. The van der Waals surface area contributed by atoms with Crippen LogP contribution in [-0.2, 0) is 0 Å². The van der Waals surface area contributed by atoms with Gasteiger partial charge in [0.2, 0.25) is 0 Å². The van der Waals surface area contributed by atoms with Crippen LogP contribution in [0.1, 0.15) is 44.3 Å². The number of aromatic nitrogens is 1. The van der Waals surface area contributed by atoms with Crippen LogP contribution in [0.4, 0.5) is 0 Å². The van der Waals surface area contributed by atoms with E-state index in [9.17, 15) is 5.11 Å². The number of aliphatic hydroxyl groups excluding tert-OH is 1. The molecule has 1 aliphatic rings. The predicted molar refractivity (Wildman–Crippen MR) is 71.1 cm³/mol. The summed E-state index contributed by atoms with van der Waals surface area (Å²) in [4.78, 5) is 4.33. The molecule has 2 N–H and O–H groups in total. The monoisotopic (exact) mass is 254 g/mol. The van der Waals surface area contributed by atoms with Crippen LogP contribution >= 0.6 is 11.3 Å². The third kappa shape index (κ3) is 3.50. The molecule has 3 nitrogen and oxygen atoms in total. The molecule has 17 heavy (non-hydrogen) atoms. The maximum absolute atomic E-state index is 9.37. The zero-order valence-electron chi connectivity index (χ0n) is 10.4. The van der Waals surface area contributed by atoms with Crippen LogP contribution in [0.5, 0.6) is 0 Å². The second kappa shape index (κ2) is 6.47. The third-order valence-corrected chi connectivity index (χ3v) is 4.49. The molecular weight excluding hydrogens is 232 g/mol. The first kappa shape index (κ1) is 13.0. The van der Waals surface area contributed by atoms with Gasteiger partial charge in [-0.15, -0.1) is 11.3 Å². The summed E-state index contributed by atoms with van der Waals surface area (Å²) in [6.45, 7) is 3.51. The fourth-order valence-electron chi connectivity index (χ4n) is 2.66. The van der Waals surface area contributed by atoms with Gasteiger partial charge in [0.1, 0.15) is 0 Å². The van der Waals surface area contributed by atoms with Crippen LogP contribution in [0.25, 0.3) is 0 Å². The molecule has 1 aromatic rings. The number of nitrogens with zero attached hydrogens (tertiary/aromatic N) is 1. The van der Waals surface area contributed by atoms with Gasteiger partial charge in [-0.25, -0.2) is 4.98 Å². The molecule has 0 aliphatic heterocycles. The number of hydrogen-bond acceptors (Lipinski definition) is 4. The standard InChI is InChI=1S/C13H22N2OS/c1-10(13-8-17-9-15-13)14-6-11-4-2-3-5-12(11)7-16/h8-12,14,16H,2-7H2,1H3. The highest BCUT2D eigenvalue weighted by molar-refractivity contribution is 7.07. The predicted octanol–water partition coefficient (Wildman–Crippen LogP) is 2.59. The Balaban J connectivity index is 1.80. The van der Waals surface area contributed by atoms with E-state index in [1.807, 2.05) is 5.51 Å². The Morgan fingerprint density at radius 2 is 2.24 bits per heavy atom. The van der Waals surface area contributed by atoms with E-state index in [1.165, 1.54) is 25.7 Å². The molecule has 0 bridgehead atoms.